The molecule has 0 aromatic carbocycles. The van der Waals surface area contributed by atoms with E-state index in [9.17, 15) is 0 Å². The molecule has 0 aromatic heterocycles. The van der Waals surface area contributed by atoms with Gasteiger partial charge in [0.25, 0.3) is 0 Å². The van der Waals surface area contributed by atoms with Gasteiger partial charge in [0.05, 0.1) is 12.2 Å². The Labute approximate surface area is 301 Å². The molecule has 0 N–H and O–H groups in total. The van der Waals surface area contributed by atoms with Crippen molar-refractivity contribution in [3.05, 3.63) is 0 Å². The second kappa shape index (κ2) is 24.2. The molecule has 0 amide bonds. The Morgan fingerprint density at radius 1 is 0.354 bits per heavy atom. The van der Waals surface area contributed by atoms with E-state index in [2.05, 4.69) is 27.7 Å². The summed E-state index contributed by atoms with van der Waals surface area (Å²) in [5.41, 5.74) is 0. The van der Waals surface area contributed by atoms with Gasteiger partial charge in [-0.1, -0.05) is 142 Å². The minimum atomic E-state index is 0.213. The molecule has 4 rings (SSSR count). The summed E-state index contributed by atoms with van der Waals surface area (Å²) >= 11 is 0. The Bertz CT molecular complexity index is 684. The van der Waals surface area contributed by atoms with Crippen molar-refractivity contribution in [1.82, 2.24) is 0 Å². The van der Waals surface area contributed by atoms with Crippen LogP contribution in [-0.2, 0) is 9.47 Å². The predicted octanol–water partition coefficient (Wildman–Crippen LogP) is 14.5. The maximum Gasteiger partial charge on any atom is 0.0805 e. The summed E-state index contributed by atoms with van der Waals surface area (Å²) in [6.07, 6.45) is 44.6. The largest absolute Gasteiger partial charge is 0.376 e. The predicted molar refractivity (Wildman–Crippen MR) is 209 cm³/mol. The van der Waals surface area contributed by atoms with Crippen molar-refractivity contribution in [2.45, 2.75) is 233 Å². The Morgan fingerprint density at radius 3 is 0.917 bits per heavy atom. The fraction of sp³-hybridized carbons (Fsp3) is 1.00. The van der Waals surface area contributed by atoms with Crippen LogP contribution in [0.25, 0.3) is 0 Å². The summed E-state index contributed by atoms with van der Waals surface area (Å²) < 4.78 is 12.7. The van der Waals surface area contributed by atoms with Crippen molar-refractivity contribution in [2.24, 2.45) is 47.3 Å². The van der Waals surface area contributed by atoms with Crippen LogP contribution in [0.15, 0.2) is 0 Å². The van der Waals surface area contributed by atoms with Gasteiger partial charge in [0.1, 0.15) is 0 Å². The van der Waals surface area contributed by atoms with Crippen molar-refractivity contribution < 1.29 is 9.47 Å². The Kier molecular flexibility index (Phi) is 20.5. The molecule has 2 heteroatoms. The minimum absolute atomic E-state index is 0.213. The third-order valence-corrected chi connectivity index (χ3v) is 14.8. The highest BCUT2D eigenvalue weighted by molar-refractivity contribution is 4.84. The molecule has 48 heavy (non-hydrogen) atoms. The average molecular weight is 671 g/mol. The van der Waals surface area contributed by atoms with Crippen LogP contribution in [0.3, 0.4) is 0 Å². The van der Waals surface area contributed by atoms with Crippen LogP contribution in [0.5, 0.6) is 0 Å². The summed E-state index contributed by atoms with van der Waals surface area (Å²) in [6.45, 7) is 11.0. The van der Waals surface area contributed by atoms with Crippen LogP contribution in [0.1, 0.15) is 220 Å². The Balaban J connectivity index is 0.960. The third kappa shape index (κ3) is 15.3. The van der Waals surface area contributed by atoms with Crippen molar-refractivity contribution >= 4 is 0 Å². The van der Waals surface area contributed by atoms with Gasteiger partial charge in [-0.3, -0.25) is 0 Å². The molecule has 0 aliphatic heterocycles. The summed E-state index contributed by atoms with van der Waals surface area (Å²) in [5.74, 6) is 8.06. The zero-order valence-electron chi connectivity index (χ0n) is 33.2. The number of ether oxygens (including phenoxy) is 2. The Morgan fingerprint density at radius 2 is 0.625 bits per heavy atom. The number of unbranched alkanes of at least 4 members (excludes halogenated alkanes) is 8. The van der Waals surface area contributed by atoms with E-state index in [1.165, 1.54) is 193 Å². The molecule has 4 aliphatic rings. The lowest BCUT2D eigenvalue weighted by Crippen LogP contribution is -2.29. The maximum atomic E-state index is 6.36. The standard InChI is InChI=1S/C46H86O2/c1-5-7-9-11-13-15-39-17-25-43(26-18-39)45-29-21-41(22-30-45)33-35-47-37(3)38(4)48-36-34-42-23-31-46(32-24-42)44-27-19-40(20-28-44)16-14-12-10-8-6-2/h37-46H,5-36H2,1-4H3. The summed E-state index contributed by atoms with van der Waals surface area (Å²) in [7, 11) is 0. The van der Waals surface area contributed by atoms with Gasteiger partial charge in [-0.25, -0.2) is 0 Å². The molecule has 0 saturated heterocycles. The van der Waals surface area contributed by atoms with Gasteiger partial charge >= 0.3 is 0 Å². The van der Waals surface area contributed by atoms with Crippen molar-refractivity contribution in [3.63, 3.8) is 0 Å². The molecule has 0 heterocycles. The minimum Gasteiger partial charge on any atom is -0.376 e. The quantitative estimate of drug-likeness (QED) is 0.101. The maximum absolute atomic E-state index is 6.36. The molecule has 4 saturated carbocycles. The topological polar surface area (TPSA) is 18.5 Å². The van der Waals surface area contributed by atoms with Gasteiger partial charge in [0.15, 0.2) is 0 Å². The van der Waals surface area contributed by atoms with Crippen LogP contribution in [0.2, 0.25) is 0 Å². The zero-order valence-corrected chi connectivity index (χ0v) is 33.2. The van der Waals surface area contributed by atoms with Crippen molar-refractivity contribution in [2.75, 3.05) is 13.2 Å². The number of rotatable bonds is 23. The number of hydrogen-bond acceptors (Lipinski definition) is 2. The van der Waals surface area contributed by atoms with Gasteiger partial charge in [-0.05, 0) is 125 Å². The van der Waals surface area contributed by atoms with Gasteiger partial charge in [-0.15, -0.1) is 0 Å². The molecule has 4 aliphatic carbocycles. The lowest BCUT2D eigenvalue weighted by atomic mass is 9.68. The molecular weight excluding hydrogens is 585 g/mol. The van der Waals surface area contributed by atoms with E-state index in [1.54, 1.807) is 0 Å². The van der Waals surface area contributed by atoms with Crippen molar-refractivity contribution in [3.8, 4) is 0 Å². The lowest BCUT2D eigenvalue weighted by Gasteiger charge is -2.38. The van der Waals surface area contributed by atoms with Gasteiger partial charge in [0, 0.05) is 13.2 Å². The summed E-state index contributed by atoms with van der Waals surface area (Å²) in [4.78, 5) is 0. The van der Waals surface area contributed by atoms with Gasteiger partial charge in [0.2, 0.25) is 0 Å². The van der Waals surface area contributed by atoms with Crippen LogP contribution >= 0.6 is 0 Å². The second-order valence-electron chi connectivity index (χ2n) is 18.3. The van der Waals surface area contributed by atoms with Crippen LogP contribution in [0, 0.1) is 47.3 Å². The molecule has 4 fully saturated rings. The molecule has 2 nitrogen and oxygen atoms in total. The molecule has 282 valence electrons. The molecule has 0 bridgehead atoms. The first-order valence-corrected chi connectivity index (χ1v) is 22.8. The highest BCUT2D eigenvalue weighted by atomic mass is 16.5. The Hall–Kier alpha value is -0.0800. The lowest BCUT2D eigenvalue weighted by molar-refractivity contribution is -0.0635. The normalized spacial score (nSPS) is 33.0. The first-order chi connectivity index (χ1) is 23.6. The third-order valence-electron chi connectivity index (χ3n) is 14.8. The monoisotopic (exact) mass is 671 g/mol. The summed E-state index contributed by atoms with van der Waals surface area (Å²) in [5, 5.41) is 0. The van der Waals surface area contributed by atoms with E-state index in [4.69, 9.17) is 9.47 Å². The molecular formula is C46H86O2. The van der Waals surface area contributed by atoms with Crippen LogP contribution in [-0.4, -0.2) is 25.4 Å². The van der Waals surface area contributed by atoms with Gasteiger partial charge in [-0.2, -0.15) is 0 Å². The average Bonchev–Trinajstić information content (AvgIpc) is 3.12. The second-order valence-corrected chi connectivity index (χ2v) is 18.3. The highest BCUT2D eigenvalue weighted by Gasteiger charge is 2.32. The highest BCUT2D eigenvalue weighted by Crippen LogP contribution is 2.44. The van der Waals surface area contributed by atoms with E-state index < -0.39 is 0 Å². The van der Waals surface area contributed by atoms with E-state index in [1.807, 2.05) is 0 Å². The van der Waals surface area contributed by atoms with E-state index in [-0.39, 0.29) is 12.2 Å². The molecule has 0 radical (unpaired) electrons. The first-order valence-electron chi connectivity index (χ1n) is 22.8. The summed E-state index contributed by atoms with van der Waals surface area (Å²) in [6, 6.07) is 0. The molecule has 0 spiro atoms. The van der Waals surface area contributed by atoms with Crippen molar-refractivity contribution in [1.29, 1.82) is 0 Å². The molecule has 2 unspecified atom stereocenters. The fourth-order valence-corrected chi connectivity index (χ4v) is 11.0. The fourth-order valence-electron chi connectivity index (χ4n) is 11.0. The smallest absolute Gasteiger partial charge is 0.0805 e. The molecule has 2 atom stereocenters. The van der Waals surface area contributed by atoms with E-state index in [0.29, 0.717) is 0 Å². The van der Waals surface area contributed by atoms with E-state index >= 15 is 0 Å². The van der Waals surface area contributed by atoms with Gasteiger partial charge < -0.3 is 9.47 Å². The molecule has 0 aromatic rings. The number of hydrogen-bond donors (Lipinski definition) is 0. The first kappa shape index (κ1) is 40.7. The zero-order chi connectivity index (χ0) is 33.8. The van der Waals surface area contributed by atoms with Crippen LogP contribution < -0.4 is 0 Å². The van der Waals surface area contributed by atoms with E-state index in [0.717, 1.165) is 60.6 Å². The van der Waals surface area contributed by atoms with Crippen LogP contribution in [0.4, 0.5) is 0 Å². The SMILES string of the molecule is CCCCCCCC1CCC(C2CCC(CCOC(C)C(C)OCCC3CCC(C4CCC(CCCCCCC)CC4)CC3)CC2)CC1.